The molecule has 0 bridgehead atoms. The average Bonchev–Trinajstić information content (AvgIpc) is 2.67. The number of halogens is 2. The van der Waals surface area contributed by atoms with Gasteiger partial charge in [0.25, 0.3) is 0 Å². The first-order valence-electron chi connectivity index (χ1n) is 8.20. The maximum Gasteiger partial charge on any atom is 0.180 e. The number of nitrogens with two attached hydrogens (primary N) is 1. The van der Waals surface area contributed by atoms with Crippen molar-refractivity contribution in [1.29, 1.82) is 0 Å². The molecule has 3 nitrogen and oxygen atoms in total. The molecule has 0 heterocycles. The lowest BCUT2D eigenvalue weighted by atomic mass is 10.0. The van der Waals surface area contributed by atoms with E-state index in [1.807, 2.05) is 30.3 Å². The number of amidine groups is 1. The molecule has 0 amide bonds. The Morgan fingerprint density at radius 2 is 1.56 bits per heavy atom. The third kappa shape index (κ3) is 5.76. The number of thioether (sulfide) groups is 1. The van der Waals surface area contributed by atoms with Crippen molar-refractivity contribution in [3.63, 3.8) is 0 Å². The highest BCUT2D eigenvalue weighted by Gasteiger charge is 2.03. The second-order valence-corrected chi connectivity index (χ2v) is 6.73. The zero-order valence-corrected chi connectivity index (χ0v) is 15.2. The third-order valence-corrected chi connectivity index (χ3v) is 4.55. The summed E-state index contributed by atoms with van der Waals surface area (Å²) in [7, 11) is 0. The summed E-state index contributed by atoms with van der Waals surface area (Å²) in [6, 6.07) is 20.5. The molecule has 3 aromatic rings. The van der Waals surface area contributed by atoms with Crippen molar-refractivity contribution in [3.05, 3.63) is 95.6 Å². The molecule has 27 heavy (non-hydrogen) atoms. The minimum Gasteiger partial charge on any atom is -0.377 e. The summed E-state index contributed by atoms with van der Waals surface area (Å²) in [5, 5.41) is 8.32. The van der Waals surface area contributed by atoms with Gasteiger partial charge in [-0.1, -0.05) is 66.4 Å². The van der Waals surface area contributed by atoms with Crippen LogP contribution in [0.1, 0.15) is 11.1 Å². The molecule has 0 fully saturated rings. The van der Waals surface area contributed by atoms with E-state index in [1.54, 1.807) is 30.5 Å². The molecule has 0 saturated carbocycles. The Hall–Kier alpha value is -2.99. The van der Waals surface area contributed by atoms with Gasteiger partial charge >= 0.3 is 0 Å². The normalized spacial score (nSPS) is 11.9. The first kappa shape index (κ1) is 18.8. The highest BCUT2D eigenvalue weighted by Crippen LogP contribution is 2.22. The van der Waals surface area contributed by atoms with Gasteiger partial charge in [0, 0.05) is 11.8 Å². The molecule has 3 rings (SSSR count). The first-order chi connectivity index (χ1) is 13.1. The van der Waals surface area contributed by atoms with E-state index < -0.39 is 11.6 Å². The van der Waals surface area contributed by atoms with E-state index in [1.165, 1.54) is 23.9 Å². The molecule has 0 unspecified atom stereocenters. The Morgan fingerprint density at radius 3 is 2.22 bits per heavy atom. The topological polar surface area (TPSA) is 50.7 Å². The molecular weight excluding hydrogens is 364 g/mol. The van der Waals surface area contributed by atoms with Crippen molar-refractivity contribution < 1.29 is 8.78 Å². The summed E-state index contributed by atoms with van der Waals surface area (Å²) in [6.45, 7) is 0. The van der Waals surface area contributed by atoms with Crippen LogP contribution in [-0.2, 0) is 5.75 Å². The van der Waals surface area contributed by atoms with Crippen LogP contribution in [0, 0.1) is 11.6 Å². The van der Waals surface area contributed by atoms with Crippen LogP contribution >= 0.6 is 11.8 Å². The largest absolute Gasteiger partial charge is 0.377 e. The van der Waals surface area contributed by atoms with E-state index in [4.69, 9.17) is 5.73 Å². The second-order valence-electron chi connectivity index (χ2n) is 5.74. The highest BCUT2D eigenvalue weighted by molar-refractivity contribution is 8.13. The minimum absolute atomic E-state index is 0.377. The average molecular weight is 381 g/mol. The van der Waals surface area contributed by atoms with E-state index in [-0.39, 0.29) is 0 Å². The smallest absolute Gasteiger partial charge is 0.180 e. The van der Waals surface area contributed by atoms with Crippen molar-refractivity contribution in [2.45, 2.75) is 5.75 Å². The Bertz CT molecular complexity index is 935. The van der Waals surface area contributed by atoms with Crippen LogP contribution in [0.25, 0.3) is 11.1 Å². The summed E-state index contributed by atoms with van der Waals surface area (Å²) >= 11 is 1.41. The Labute approximate surface area is 160 Å². The highest BCUT2D eigenvalue weighted by atomic mass is 32.2. The Balaban J connectivity index is 1.60. The fourth-order valence-corrected chi connectivity index (χ4v) is 3.01. The molecular formula is C21H17F2N3S. The summed E-state index contributed by atoms with van der Waals surface area (Å²) in [4.78, 5) is 0. The Morgan fingerprint density at radius 1 is 0.889 bits per heavy atom. The van der Waals surface area contributed by atoms with Gasteiger partial charge in [0.1, 0.15) is 11.6 Å². The predicted molar refractivity (Wildman–Crippen MR) is 109 cm³/mol. The monoisotopic (exact) mass is 381 g/mol. The summed E-state index contributed by atoms with van der Waals surface area (Å²) < 4.78 is 26.6. The van der Waals surface area contributed by atoms with Crippen LogP contribution in [0.5, 0.6) is 0 Å². The van der Waals surface area contributed by atoms with Gasteiger partial charge < -0.3 is 5.73 Å². The molecule has 0 spiro atoms. The second kappa shape index (κ2) is 9.09. The fourth-order valence-electron chi connectivity index (χ4n) is 2.39. The molecule has 0 atom stereocenters. The van der Waals surface area contributed by atoms with Crippen LogP contribution in [0.2, 0.25) is 0 Å². The quantitative estimate of drug-likeness (QED) is 0.374. The predicted octanol–water partition coefficient (Wildman–Crippen LogP) is 5.21. The zero-order chi connectivity index (χ0) is 19.1. The molecule has 6 heteroatoms. The van der Waals surface area contributed by atoms with Crippen LogP contribution < -0.4 is 5.73 Å². The van der Waals surface area contributed by atoms with E-state index >= 15 is 0 Å². The van der Waals surface area contributed by atoms with E-state index in [2.05, 4.69) is 10.2 Å². The zero-order valence-electron chi connectivity index (χ0n) is 14.3. The van der Waals surface area contributed by atoms with Crippen LogP contribution in [0.15, 0.2) is 83.0 Å². The molecule has 0 radical (unpaired) electrons. The number of rotatable bonds is 5. The van der Waals surface area contributed by atoms with Gasteiger partial charge in [0.2, 0.25) is 0 Å². The van der Waals surface area contributed by atoms with E-state index in [0.29, 0.717) is 16.3 Å². The van der Waals surface area contributed by atoms with Gasteiger partial charge in [-0.15, -0.1) is 5.10 Å². The SMILES string of the molecule is NC(=NN=Cc1ccc(-c2cc(F)cc(F)c2)cc1)SCc1ccccc1. The van der Waals surface area contributed by atoms with Gasteiger partial charge in [-0.05, 0) is 34.4 Å². The molecule has 3 aromatic carbocycles. The van der Waals surface area contributed by atoms with Crippen molar-refractivity contribution in [3.8, 4) is 11.1 Å². The summed E-state index contributed by atoms with van der Waals surface area (Å²) in [5.41, 5.74) is 9.01. The number of nitrogens with zero attached hydrogens (tertiary/aromatic N) is 2. The number of hydrogen-bond donors (Lipinski definition) is 1. The van der Waals surface area contributed by atoms with Crippen LogP contribution in [0.3, 0.4) is 0 Å². The number of benzene rings is 3. The van der Waals surface area contributed by atoms with Gasteiger partial charge in [-0.25, -0.2) is 8.78 Å². The Kier molecular flexibility index (Phi) is 6.33. The van der Waals surface area contributed by atoms with Crippen LogP contribution in [-0.4, -0.2) is 11.4 Å². The standard InChI is InChI=1S/C21H17F2N3S/c22-19-10-18(11-20(23)12-19)17-8-6-15(7-9-17)13-25-26-21(24)27-14-16-4-2-1-3-5-16/h1-13H,14H2,(H2,24,26). The molecule has 0 aliphatic rings. The van der Waals surface area contributed by atoms with Crippen molar-refractivity contribution in [2.75, 3.05) is 0 Å². The third-order valence-electron chi connectivity index (χ3n) is 3.70. The molecule has 0 aliphatic carbocycles. The van der Waals surface area contributed by atoms with Crippen molar-refractivity contribution in [1.82, 2.24) is 0 Å². The molecule has 2 N–H and O–H groups in total. The van der Waals surface area contributed by atoms with Gasteiger partial charge in [-0.2, -0.15) is 5.10 Å². The summed E-state index contributed by atoms with van der Waals surface area (Å²) in [6.07, 6.45) is 1.58. The maximum atomic E-state index is 13.3. The first-order valence-corrected chi connectivity index (χ1v) is 9.18. The molecule has 136 valence electrons. The molecule has 0 aliphatic heterocycles. The van der Waals surface area contributed by atoms with Crippen LogP contribution in [0.4, 0.5) is 8.78 Å². The fraction of sp³-hybridized carbons (Fsp3) is 0.0476. The van der Waals surface area contributed by atoms with Crippen molar-refractivity contribution in [2.24, 2.45) is 15.9 Å². The summed E-state index contributed by atoms with van der Waals surface area (Å²) in [5.74, 6) is -0.480. The lowest BCUT2D eigenvalue weighted by Gasteiger charge is -2.03. The van der Waals surface area contributed by atoms with Gasteiger partial charge in [0.05, 0.1) is 6.21 Å². The van der Waals surface area contributed by atoms with Crippen molar-refractivity contribution >= 4 is 23.1 Å². The lowest BCUT2D eigenvalue weighted by Crippen LogP contribution is -2.05. The number of hydrogen-bond acceptors (Lipinski definition) is 3. The van der Waals surface area contributed by atoms with Gasteiger partial charge in [0.15, 0.2) is 5.17 Å². The lowest BCUT2D eigenvalue weighted by molar-refractivity contribution is 0.584. The molecule has 0 aromatic heterocycles. The van der Waals surface area contributed by atoms with Gasteiger partial charge in [-0.3, -0.25) is 0 Å². The molecule has 0 saturated heterocycles. The van der Waals surface area contributed by atoms with E-state index in [0.717, 1.165) is 22.9 Å². The minimum atomic E-state index is -0.603. The maximum absolute atomic E-state index is 13.3. The van der Waals surface area contributed by atoms with E-state index in [9.17, 15) is 8.78 Å².